The Morgan fingerprint density at radius 2 is 1.91 bits per heavy atom. The molecular weight excluding hydrogens is 310 g/mol. The van der Waals surface area contributed by atoms with Crippen LogP contribution in [0.25, 0.3) is 0 Å². The third kappa shape index (κ3) is 2.47. The van der Waals surface area contributed by atoms with E-state index >= 15 is 0 Å². The van der Waals surface area contributed by atoms with Gasteiger partial charge in [-0.1, -0.05) is 23.7 Å². The standard InChI is InChI=1S/C15H18ClNO5/c1-20-9-8-17-12(10-4-6-11(16)7-5-10)15(22-3,13(17)18)14(19)21-2/h4-7,12H,8-9H2,1-3H3/t12-,15-/m0/s1. The molecule has 0 unspecified atom stereocenters. The molecule has 1 amide bonds. The van der Waals surface area contributed by atoms with Crippen LogP contribution in [0.1, 0.15) is 11.6 Å². The van der Waals surface area contributed by atoms with Crippen molar-refractivity contribution < 1.29 is 23.8 Å². The fourth-order valence-corrected chi connectivity index (χ4v) is 2.84. The summed E-state index contributed by atoms with van der Waals surface area (Å²) >= 11 is 5.90. The molecule has 0 radical (unpaired) electrons. The third-order valence-electron chi connectivity index (χ3n) is 3.81. The van der Waals surface area contributed by atoms with Crippen molar-refractivity contribution in [3.05, 3.63) is 34.9 Å². The summed E-state index contributed by atoms with van der Waals surface area (Å²) < 4.78 is 15.1. The van der Waals surface area contributed by atoms with Crippen LogP contribution in [0.3, 0.4) is 0 Å². The summed E-state index contributed by atoms with van der Waals surface area (Å²) in [5.41, 5.74) is -0.914. The van der Waals surface area contributed by atoms with E-state index in [1.807, 2.05) is 0 Å². The van der Waals surface area contributed by atoms with Gasteiger partial charge in [0, 0.05) is 25.8 Å². The number of carbonyl (C=O) groups is 2. The topological polar surface area (TPSA) is 65.1 Å². The zero-order valence-corrected chi connectivity index (χ0v) is 13.4. The molecule has 0 aliphatic carbocycles. The Morgan fingerprint density at radius 1 is 1.27 bits per heavy atom. The Kier molecular flexibility index (Phi) is 5.05. The van der Waals surface area contributed by atoms with Crippen LogP contribution in [-0.2, 0) is 23.8 Å². The lowest BCUT2D eigenvalue weighted by atomic mass is 9.77. The van der Waals surface area contributed by atoms with Crippen molar-refractivity contribution in [3.63, 3.8) is 0 Å². The molecule has 2 rings (SSSR count). The van der Waals surface area contributed by atoms with Gasteiger partial charge in [0.05, 0.1) is 13.7 Å². The van der Waals surface area contributed by atoms with Crippen LogP contribution >= 0.6 is 11.6 Å². The SMILES string of the molecule is COCCN1C(=O)[C@](OC)(C(=O)OC)[C@@H]1c1ccc(Cl)cc1. The van der Waals surface area contributed by atoms with Crippen LogP contribution in [0.2, 0.25) is 5.02 Å². The van der Waals surface area contributed by atoms with Gasteiger partial charge in [0.25, 0.3) is 11.5 Å². The second-order valence-corrected chi connectivity index (χ2v) is 5.31. The number of rotatable bonds is 6. The molecule has 1 aliphatic rings. The number of amides is 1. The number of halogens is 1. The second-order valence-electron chi connectivity index (χ2n) is 4.88. The highest BCUT2D eigenvalue weighted by Crippen LogP contribution is 2.46. The number of methoxy groups -OCH3 is 3. The van der Waals surface area contributed by atoms with E-state index in [0.29, 0.717) is 18.2 Å². The third-order valence-corrected chi connectivity index (χ3v) is 4.06. The maximum absolute atomic E-state index is 12.5. The Hall–Kier alpha value is -1.63. The maximum Gasteiger partial charge on any atom is 0.350 e. The predicted molar refractivity (Wildman–Crippen MR) is 79.5 cm³/mol. The molecule has 120 valence electrons. The highest BCUT2D eigenvalue weighted by molar-refractivity contribution is 6.30. The summed E-state index contributed by atoms with van der Waals surface area (Å²) in [6.07, 6.45) is 0. The number of ether oxygens (including phenoxy) is 3. The summed E-state index contributed by atoms with van der Waals surface area (Å²) in [6.45, 7) is 0.710. The molecule has 1 saturated heterocycles. The molecular formula is C15H18ClNO5. The quantitative estimate of drug-likeness (QED) is 0.449. The minimum atomic E-state index is -1.66. The normalized spacial score (nSPS) is 24.1. The lowest BCUT2D eigenvalue weighted by Crippen LogP contribution is -2.73. The molecule has 22 heavy (non-hydrogen) atoms. The Bertz CT molecular complexity index is 562. The fourth-order valence-electron chi connectivity index (χ4n) is 2.71. The number of hydrogen-bond acceptors (Lipinski definition) is 5. The first-order valence-corrected chi connectivity index (χ1v) is 7.09. The van der Waals surface area contributed by atoms with Crippen molar-refractivity contribution in [1.29, 1.82) is 0 Å². The molecule has 1 aromatic rings. The van der Waals surface area contributed by atoms with Crippen molar-refractivity contribution in [3.8, 4) is 0 Å². The highest BCUT2D eigenvalue weighted by Gasteiger charge is 2.68. The molecule has 0 spiro atoms. The van der Waals surface area contributed by atoms with Gasteiger partial charge in [0.1, 0.15) is 6.04 Å². The summed E-state index contributed by atoms with van der Waals surface area (Å²) in [7, 11) is 4.10. The zero-order chi connectivity index (χ0) is 16.3. The summed E-state index contributed by atoms with van der Waals surface area (Å²) in [4.78, 5) is 26.2. The van der Waals surface area contributed by atoms with Crippen LogP contribution in [0, 0.1) is 0 Å². The number of β-lactam (4-membered cyclic amide) rings is 1. The number of benzene rings is 1. The van der Waals surface area contributed by atoms with Gasteiger partial charge in [-0.15, -0.1) is 0 Å². The molecule has 0 saturated carbocycles. The van der Waals surface area contributed by atoms with Gasteiger partial charge in [0.2, 0.25) is 0 Å². The van der Waals surface area contributed by atoms with E-state index in [1.54, 1.807) is 31.4 Å². The zero-order valence-electron chi connectivity index (χ0n) is 12.7. The molecule has 1 aliphatic heterocycles. The van der Waals surface area contributed by atoms with Gasteiger partial charge < -0.3 is 19.1 Å². The van der Waals surface area contributed by atoms with E-state index in [0.717, 1.165) is 5.56 Å². The molecule has 1 fully saturated rings. The van der Waals surface area contributed by atoms with Crippen molar-refractivity contribution in [1.82, 2.24) is 4.90 Å². The fraction of sp³-hybridized carbons (Fsp3) is 0.467. The lowest BCUT2D eigenvalue weighted by Gasteiger charge is -2.52. The molecule has 1 aromatic carbocycles. The van der Waals surface area contributed by atoms with Gasteiger partial charge in [-0.05, 0) is 17.7 Å². The predicted octanol–water partition coefficient (Wildman–Crippen LogP) is 1.43. The monoisotopic (exact) mass is 327 g/mol. The first-order chi connectivity index (χ1) is 10.5. The first kappa shape index (κ1) is 16.7. The molecule has 0 bridgehead atoms. The van der Waals surface area contributed by atoms with E-state index < -0.39 is 23.5 Å². The molecule has 7 heteroatoms. The van der Waals surface area contributed by atoms with E-state index in [9.17, 15) is 9.59 Å². The number of likely N-dealkylation sites (tertiary alicyclic amines) is 1. The highest BCUT2D eigenvalue weighted by atomic mass is 35.5. The minimum Gasteiger partial charge on any atom is -0.466 e. The Morgan fingerprint density at radius 3 is 2.41 bits per heavy atom. The smallest absolute Gasteiger partial charge is 0.350 e. The van der Waals surface area contributed by atoms with E-state index in [2.05, 4.69) is 0 Å². The van der Waals surface area contributed by atoms with Gasteiger partial charge in [-0.25, -0.2) is 4.79 Å². The average Bonchev–Trinajstić information content (AvgIpc) is 2.54. The Balaban J connectivity index is 2.42. The van der Waals surface area contributed by atoms with E-state index in [-0.39, 0.29) is 0 Å². The maximum atomic E-state index is 12.5. The molecule has 6 nitrogen and oxygen atoms in total. The van der Waals surface area contributed by atoms with Crippen LogP contribution < -0.4 is 0 Å². The van der Waals surface area contributed by atoms with E-state index in [4.69, 9.17) is 25.8 Å². The molecule has 2 atom stereocenters. The average molecular weight is 328 g/mol. The van der Waals surface area contributed by atoms with Crippen molar-refractivity contribution >= 4 is 23.5 Å². The number of carbonyl (C=O) groups excluding carboxylic acids is 2. The van der Waals surface area contributed by atoms with Gasteiger partial charge in [0.15, 0.2) is 0 Å². The van der Waals surface area contributed by atoms with Crippen molar-refractivity contribution in [2.45, 2.75) is 11.6 Å². The summed E-state index contributed by atoms with van der Waals surface area (Å²) in [5.74, 6) is -1.15. The minimum absolute atomic E-state index is 0.352. The van der Waals surface area contributed by atoms with Gasteiger partial charge in [-0.2, -0.15) is 0 Å². The summed E-state index contributed by atoms with van der Waals surface area (Å²) in [5, 5.41) is 0.568. The first-order valence-electron chi connectivity index (χ1n) is 6.72. The largest absolute Gasteiger partial charge is 0.466 e. The van der Waals surface area contributed by atoms with E-state index in [1.165, 1.54) is 19.1 Å². The number of hydrogen-bond donors (Lipinski definition) is 0. The molecule has 0 N–H and O–H groups in total. The van der Waals surface area contributed by atoms with Crippen LogP contribution in [0.15, 0.2) is 24.3 Å². The van der Waals surface area contributed by atoms with Crippen molar-refractivity contribution in [2.75, 3.05) is 34.5 Å². The van der Waals surface area contributed by atoms with Crippen LogP contribution in [-0.4, -0.2) is 56.9 Å². The number of nitrogens with zero attached hydrogens (tertiary/aromatic N) is 1. The second kappa shape index (κ2) is 6.64. The number of esters is 1. The van der Waals surface area contributed by atoms with Crippen LogP contribution in [0.4, 0.5) is 0 Å². The summed E-state index contributed by atoms with van der Waals surface area (Å²) in [6, 6.07) is 6.34. The lowest BCUT2D eigenvalue weighted by molar-refractivity contribution is -0.213. The molecule has 1 heterocycles. The molecule has 0 aromatic heterocycles. The van der Waals surface area contributed by atoms with Crippen molar-refractivity contribution in [2.24, 2.45) is 0 Å². The van der Waals surface area contributed by atoms with Gasteiger partial charge >= 0.3 is 5.97 Å². The van der Waals surface area contributed by atoms with Gasteiger partial charge in [-0.3, -0.25) is 4.79 Å². The Labute approximate surface area is 133 Å². The van der Waals surface area contributed by atoms with Crippen LogP contribution in [0.5, 0.6) is 0 Å².